The van der Waals surface area contributed by atoms with E-state index in [-0.39, 0.29) is 11.9 Å². The lowest BCUT2D eigenvalue weighted by Crippen LogP contribution is -2.36. The van der Waals surface area contributed by atoms with E-state index < -0.39 is 0 Å². The van der Waals surface area contributed by atoms with Crippen LogP contribution in [0.4, 0.5) is 0 Å². The van der Waals surface area contributed by atoms with Gasteiger partial charge < -0.3 is 14.8 Å². The van der Waals surface area contributed by atoms with Gasteiger partial charge in [0.1, 0.15) is 13.2 Å². The first-order chi connectivity index (χ1) is 8.99. The number of ether oxygens (including phenoxy) is 2. The predicted molar refractivity (Wildman–Crippen MR) is 74.2 cm³/mol. The molecular formula is C14H18ClNO3. The summed E-state index contributed by atoms with van der Waals surface area (Å²) >= 11 is 6.11. The Hall–Kier alpha value is -1.42. The molecule has 104 valence electrons. The van der Waals surface area contributed by atoms with Crippen LogP contribution in [0, 0.1) is 5.92 Å². The molecule has 0 saturated carbocycles. The van der Waals surface area contributed by atoms with Crippen molar-refractivity contribution in [1.29, 1.82) is 0 Å². The number of hydrogen-bond donors (Lipinski definition) is 1. The van der Waals surface area contributed by atoms with Crippen molar-refractivity contribution in [2.45, 2.75) is 26.8 Å². The Balaban J connectivity index is 2.21. The van der Waals surface area contributed by atoms with Crippen molar-refractivity contribution >= 4 is 17.5 Å². The SMILES string of the molecule is CC(C)C(C)NC(=O)c1cc(Cl)c2c(c1)OCCO2. The van der Waals surface area contributed by atoms with E-state index in [1.807, 2.05) is 6.92 Å². The van der Waals surface area contributed by atoms with Gasteiger partial charge in [-0.1, -0.05) is 25.4 Å². The smallest absolute Gasteiger partial charge is 0.251 e. The summed E-state index contributed by atoms with van der Waals surface area (Å²) in [5.41, 5.74) is 0.488. The molecule has 4 nitrogen and oxygen atoms in total. The second kappa shape index (κ2) is 5.70. The molecule has 2 rings (SSSR count). The van der Waals surface area contributed by atoms with E-state index in [9.17, 15) is 4.79 Å². The highest BCUT2D eigenvalue weighted by Crippen LogP contribution is 2.38. The molecule has 0 saturated heterocycles. The van der Waals surface area contributed by atoms with Gasteiger partial charge in [0.25, 0.3) is 5.91 Å². The van der Waals surface area contributed by atoms with Crippen molar-refractivity contribution in [3.05, 3.63) is 22.7 Å². The molecule has 0 aromatic heterocycles. The number of carbonyl (C=O) groups is 1. The number of amides is 1. The molecule has 1 aromatic rings. The number of carbonyl (C=O) groups excluding carboxylic acids is 1. The topological polar surface area (TPSA) is 47.6 Å². The fourth-order valence-corrected chi connectivity index (χ4v) is 1.96. The average molecular weight is 284 g/mol. The number of benzene rings is 1. The van der Waals surface area contributed by atoms with Crippen LogP contribution in [0.3, 0.4) is 0 Å². The van der Waals surface area contributed by atoms with Crippen LogP contribution in [0.15, 0.2) is 12.1 Å². The minimum absolute atomic E-state index is 0.0967. The standard InChI is InChI=1S/C14H18ClNO3/c1-8(2)9(3)16-14(17)10-6-11(15)13-12(7-10)18-4-5-19-13/h6-9H,4-5H2,1-3H3,(H,16,17). The van der Waals surface area contributed by atoms with Gasteiger partial charge in [0, 0.05) is 11.6 Å². The highest BCUT2D eigenvalue weighted by atomic mass is 35.5. The molecule has 0 fully saturated rings. The normalized spacial score (nSPS) is 15.2. The van der Waals surface area contributed by atoms with Gasteiger partial charge in [0.2, 0.25) is 0 Å². The van der Waals surface area contributed by atoms with E-state index in [1.54, 1.807) is 12.1 Å². The number of halogens is 1. The molecule has 1 aromatic carbocycles. The van der Waals surface area contributed by atoms with Gasteiger partial charge in [0.15, 0.2) is 11.5 Å². The molecule has 1 atom stereocenters. The first kappa shape index (κ1) is 14.0. The first-order valence-electron chi connectivity index (χ1n) is 6.39. The fourth-order valence-electron chi connectivity index (χ4n) is 1.70. The molecule has 1 amide bonds. The number of rotatable bonds is 3. The Morgan fingerprint density at radius 3 is 2.63 bits per heavy atom. The zero-order valence-corrected chi connectivity index (χ0v) is 12.1. The van der Waals surface area contributed by atoms with E-state index in [1.165, 1.54) is 0 Å². The van der Waals surface area contributed by atoms with Crippen LogP contribution >= 0.6 is 11.6 Å². The maximum atomic E-state index is 12.1. The van der Waals surface area contributed by atoms with Gasteiger partial charge in [-0.05, 0) is 25.0 Å². The summed E-state index contributed by atoms with van der Waals surface area (Å²) in [6, 6.07) is 3.37. The summed E-state index contributed by atoms with van der Waals surface area (Å²) < 4.78 is 10.9. The van der Waals surface area contributed by atoms with Crippen LogP contribution in [0.1, 0.15) is 31.1 Å². The summed E-state index contributed by atoms with van der Waals surface area (Å²) in [6.45, 7) is 7.03. The molecule has 1 unspecified atom stereocenters. The molecule has 0 radical (unpaired) electrons. The predicted octanol–water partition coefficient (Wildman–Crippen LogP) is 2.89. The first-order valence-corrected chi connectivity index (χ1v) is 6.77. The molecule has 0 aliphatic carbocycles. The highest BCUT2D eigenvalue weighted by Gasteiger charge is 2.20. The van der Waals surface area contributed by atoms with Gasteiger partial charge in [0.05, 0.1) is 5.02 Å². The largest absolute Gasteiger partial charge is 0.486 e. The van der Waals surface area contributed by atoms with Gasteiger partial charge >= 0.3 is 0 Å². The Bertz CT molecular complexity index is 488. The second-order valence-corrected chi connectivity index (χ2v) is 5.40. The van der Waals surface area contributed by atoms with Crippen LogP contribution in [-0.2, 0) is 0 Å². The van der Waals surface area contributed by atoms with Gasteiger partial charge in [-0.15, -0.1) is 0 Å². The van der Waals surface area contributed by atoms with Crippen LogP contribution in [-0.4, -0.2) is 25.2 Å². The van der Waals surface area contributed by atoms with Crippen LogP contribution in [0.2, 0.25) is 5.02 Å². The fraction of sp³-hybridized carbons (Fsp3) is 0.500. The molecule has 1 aliphatic rings. The molecule has 0 bridgehead atoms. The van der Waals surface area contributed by atoms with Crippen molar-refractivity contribution in [3.8, 4) is 11.5 Å². The minimum atomic E-state index is -0.153. The van der Waals surface area contributed by atoms with Crippen LogP contribution in [0.5, 0.6) is 11.5 Å². The Morgan fingerprint density at radius 1 is 1.26 bits per heavy atom. The summed E-state index contributed by atoms with van der Waals surface area (Å²) in [5, 5.41) is 3.34. The highest BCUT2D eigenvalue weighted by molar-refractivity contribution is 6.32. The lowest BCUT2D eigenvalue weighted by atomic mass is 10.1. The Morgan fingerprint density at radius 2 is 1.95 bits per heavy atom. The molecule has 19 heavy (non-hydrogen) atoms. The van der Waals surface area contributed by atoms with E-state index in [4.69, 9.17) is 21.1 Å². The summed E-state index contributed by atoms with van der Waals surface area (Å²) in [7, 11) is 0. The summed E-state index contributed by atoms with van der Waals surface area (Å²) in [6.07, 6.45) is 0. The number of hydrogen-bond acceptors (Lipinski definition) is 3. The maximum absolute atomic E-state index is 12.1. The summed E-state index contributed by atoms with van der Waals surface area (Å²) in [4.78, 5) is 12.1. The number of nitrogens with one attached hydrogen (secondary N) is 1. The van der Waals surface area contributed by atoms with Crippen LogP contribution < -0.4 is 14.8 Å². The minimum Gasteiger partial charge on any atom is -0.486 e. The number of fused-ring (bicyclic) bond motifs is 1. The maximum Gasteiger partial charge on any atom is 0.251 e. The molecule has 1 aliphatic heterocycles. The molecule has 1 heterocycles. The molecule has 0 spiro atoms. The van der Waals surface area contributed by atoms with Gasteiger partial charge in [-0.2, -0.15) is 0 Å². The van der Waals surface area contributed by atoms with E-state index in [2.05, 4.69) is 19.2 Å². The Labute approximate surface area is 118 Å². The second-order valence-electron chi connectivity index (χ2n) is 4.99. The average Bonchev–Trinajstić information content (AvgIpc) is 2.38. The van der Waals surface area contributed by atoms with Crippen LogP contribution in [0.25, 0.3) is 0 Å². The van der Waals surface area contributed by atoms with Gasteiger partial charge in [-0.3, -0.25) is 4.79 Å². The quantitative estimate of drug-likeness (QED) is 0.928. The van der Waals surface area contributed by atoms with Crippen molar-refractivity contribution in [1.82, 2.24) is 5.32 Å². The van der Waals surface area contributed by atoms with Crippen molar-refractivity contribution < 1.29 is 14.3 Å². The third kappa shape index (κ3) is 3.13. The van der Waals surface area contributed by atoms with Crippen molar-refractivity contribution in [2.75, 3.05) is 13.2 Å². The van der Waals surface area contributed by atoms with Crippen molar-refractivity contribution in [2.24, 2.45) is 5.92 Å². The monoisotopic (exact) mass is 283 g/mol. The third-order valence-electron chi connectivity index (χ3n) is 3.22. The molecule has 5 heteroatoms. The van der Waals surface area contributed by atoms with E-state index >= 15 is 0 Å². The lowest BCUT2D eigenvalue weighted by molar-refractivity contribution is 0.0929. The summed E-state index contributed by atoms with van der Waals surface area (Å²) in [5.74, 6) is 1.26. The van der Waals surface area contributed by atoms with E-state index in [0.717, 1.165) is 0 Å². The Kier molecular flexibility index (Phi) is 4.20. The van der Waals surface area contributed by atoms with Gasteiger partial charge in [-0.25, -0.2) is 0 Å². The third-order valence-corrected chi connectivity index (χ3v) is 3.50. The molecular weight excluding hydrogens is 266 g/mol. The molecule has 1 N–H and O–H groups in total. The lowest BCUT2D eigenvalue weighted by Gasteiger charge is -2.21. The zero-order valence-electron chi connectivity index (χ0n) is 11.3. The van der Waals surface area contributed by atoms with E-state index in [0.29, 0.717) is 41.2 Å². The zero-order chi connectivity index (χ0) is 14.0. The van der Waals surface area contributed by atoms with Crippen molar-refractivity contribution in [3.63, 3.8) is 0 Å².